The highest BCUT2D eigenvalue weighted by Crippen LogP contribution is 2.66. The Bertz CT molecular complexity index is 676. The predicted molar refractivity (Wildman–Crippen MR) is 117 cm³/mol. The van der Waals surface area contributed by atoms with E-state index in [1.54, 1.807) is 13.0 Å². The number of carbonyl (C=O) groups excluding carboxylic acids is 2. The summed E-state index contributed by atoms with van der Waals surface area (Å²) in [5, 5.41) is 18.3. The molecule has 4 aliphatic rings. The largest absolute Gasteiger partial charge is 0.513 e. The van der Waals surface area contributed by atoms with Crippen LogP contribution in [0.3, 0.4) is 0 Å². The van der Waals surface area contributed by atoms with Crippen molar-refractivity contribution in [2.24, 2.45) is 22.7 Å². The highest BCUT2D eigenvalue weighted by molar-refractivity contribution is 5.83. The summed E-state index contributed by atoms with van der Waals surface area (Å²) in [5.74, 6) is 0.770. The summed E-state index contributed by atoms with van der Waals surface area (Å²) in [6, 6.07) is 0. The van der Waals surface area contributed by atoms with Gasteiger partial charge in [0.2, 0.25) is 0 Å². The third-order valence-electron chi connectivity index (χ3n) is 7.50. The van der Waals surface area contributed by atoms with Crippen LogP contribution in [0.15, 0.2) is 11.8 Å². The quantitative estimate of drug-likeness (QED) is 0.273. The molecular formula is C25H40O6. The van der Waals surface area contributed by atoms with Crippen LogP contribution >= 0.6 is 0 Å². The lowest BCUT2D eigenvalue weighted by atomic mass is 9.44. The molecule has 0 saturated heterocycles. The van der Waals surface area contributed by atoms with Crippen LogP contribution in [0.2, 0.25) is 0 Å². The Morgan fingerprint density at radius 3 is 2.23 bits per heavy atom. The Morgan fingerprint density at radius 1 is 1.03 bits per heavy atom. The van der Waals surface area contributed by atoms with E-state index < -0.39 is 16.4 Å². The van der Waals surface area contributed by atoms with Crippen LogP contribution in [-0.2, 0) is 19.1 Å². The minimum absolute atomic E-state index is 0.142. The van der Waals surface area contributed by atoms with Gasteiger partial charge in [0.1, 0.15) is 5.60 Å². The number of esters is 2. The molecule has 4 saturated carbocycles. The SMILES string of the molecule is C/C(O)=C\CCCOC(=O)C12CC3CC(C1)CC(C(=O)OC(C)(C)CCCCO)(C3)C2. The molecule has 0 spiro atoms. The highest BCUT2D eigenvalue weighted by atomic mass is 16.6. The van der Waals surface area contributed by atoms with Gasteiger partial charge in [0.15, 0.2) is 0 Å². The fourth-order valence-corrected chi connectivity index (χ4v) is 6.53. The van der Waals surface area contributed by atoms with Gasteiger partial charge in [-0.2, -0.15) is 0 Å². The fraction of sp³-hybridized carbons (Fsp3) is 0.840. The number of hydrogen-bond donors (Lipinski definition) is 2. The van der Waals surface area contributed by atoms with Crippen LogP contribution in [0.4, 0.5) is 0 Å². The number of hydrogen-bond acceptors (Lipinski definition) is 6. The van der Waals surface area contributed by atoms with Gasteiger partial charge >= 0.3 is 11.9 Å². The molecule has 4 bridgehead atoms. The third kappa shape index (κ3) is 5.63. The van der Waals surface area contributed by atoms with Crippen molar-refractivity contribution in [1.29, 1.82) is 0 Å². The van der Waals surface area contributed by atoms with Gasteiger partial charge in [-0.1, -0.05) is 0 Å². The molecule has 0 radical (unpaired) electrons. The first kappa shape index (κ1) is 24.1. The van der Waals surface area contributed by atoms with E-state index in [1.807, 2.05) is 13.8 Å². The number of aliphatic hydroxyl groups is 2. The van der Waals surface area contributed by atoms with Crippen molar-refractivity contribution in [3.8, 4) is 0 Å². The van der Waals surface area contributed by atoms with Crippen molar-refractivity contribution < 1.29 is 29.3 Å². The van der Waals surface area contributed by atoms with Gasteiger partial charge in [0.25, 0.3) is 0 Å². The fourth-order valence-electron chi connectivity index (χ4n) is 6.53. The molecule has 0 aromatic rings. The maximum Gasteiger partial charge on any atom is 0.312 e. The van der Waals surface area contributed by atoms with Crippen LogP contribution < -0.4 is 0 Å². The summed E-state index contributed by atoms with van der Waals surface area (Å²) >= 11 is 0. The summed E-state index contributed by atoms with van der Waals surface area (Å²) < 4.78 is 11.7. The first-order chi connectivity index (χ1) is 14.6. The topological polar surface area (TPSA) is 93.1 Å². The number of rotatable bonds is 11. The van der Waals surface area contributed by atoms with Crippen LogP contribution in [0.5, 0.6) is 0 Å². The summed E-state index contributed by atoms with van der Waals surface area (Å²) in [4.78, 5) is 26.6. The molecule has 0 amide bonds. The monoisotopic (exact) mass is 436 g/mol. The third-order valence-corrected chi connectivity index (χ3v) is 7.50. The molecule has 2 unspecified atom stereocenters. The zero-order valence-electron chi connectivity index (χ0n) is 19.5. The number of allylic oxidation sites excluding steroid dienone is 2. The average Bonchev–Trinajstić information content (AvgIpc) is 2.66. The summed E-state index contributed by atoms with van der Waals surface area (Å²) in [7, 11) is 0. The zero-order valence-corrected chi connectivity index (χ0v) is 19.5. The van der Waals surface area contributed by atoms with Crippen molar-refractivity contribution in [2.75, 3.05) is 13.2 Å². The van der Waals surface area contributed by atoms with Gasteiger partial charge in [-0.3, -0.25) is 9.59 Å². The van der Waals surface area contributed by atoms with E-state index in [9.17, 15) is 14.7 Å². The van der Waals surface area contributed by atoms with Gasteiger partial charge in [-0.05, 0) is 109 Å². The van der Waals surface area contributed by atoms with Crippen LogP contribution in [-0.4, -0.2) is 41.0 Å². The molecule has 176 valence electrons. The van der Waals surface area contributed by atoms with Crippen LogP contribution in [0, 0.1) is 22.7 Å². The van der Waals surface area contributed by atoms with Crippen molar-refractivity contribution in [3.05, 3.63) is 11.8 Å². The molecule has 4 aliphatic carbocycles. The number of unbranched alkanes of at least 4 members (excludes halogenated alkanes) is 2. The average molecular weight is 437 g/mol. The first-order valence-corrected chi connectivity index (χ1v) is 12.0. The molecule has 31 heavy (non-hydrogen) atoms. The summed E-state index contributed by atoms with van der Waals surface area (Å²) in [6.45, 7) is 6.01. The van der Waals surface area contributed by atoms with Gasteiger partial charge in [0, 0.05) is 6.61 Å². The predicted octanol–water partition coefficient (Wildman–Crippen LogP) is 4.84. The molecular weight excluding hydrogens is 396 g/mol. The van der Waals surface area contributed by atoms with Gasteiger partial charge < -0.3 is 19.7 Å². The number of ether oxygens (including phenoxy) is 2. The van der Waals surface area contributed by atoms with Gasteiger partial charge in [-0.25, -0.2) is 0 Å². The molecule has 0 aromatic carbocycles. The Labute approximate surface area is 186 Å². The van der Waals surface area contributed by atoms with E-state index >= 15 is 0 Å². The van der Waals surface area contributed by atoms with Crippen molar-refractivity contribution in [1.82, 2.24) is 0 Å². The van der Waals surface area contributed by atoms with Crippen LogP contribution in [0.25, 0.3) is 0 Å². The van der Waals surface area contributed by atoms with Crippen molar-refractivity contribution >= 4 is 11.9 Å². The lowest BCUT2D eigenvalue weighted by Gasteiger charge is -2.59. The van der Waals surface area contributed by atoms with E-state index in [-0.39, 0.29) is 24.3 Å². The van der Waals surface area contributed by atoms with Gasteiger partial charge in [0.05, 0.1) is 23.2 Å². The summed E-state index contributed by atoms with van der Waals surface area (Å²) in [5.41, 5.74) is -1.68. The Balaban J connectivity index is 1.64. The highest BCUT2D eigenvalue weighted by Gasteiger charge is 2.64. The molecule has 6 nitrogen and oxygen atoms in total. The number of aliphatic hydroxyl groups excluding tert-OH is 2. The van der Waals surface area contributed by atoms with E-state index in [0.29, 0.717) is 44.1 Å². The Morgan fingerprint density at radius 2 is 1.65 bits per heavy atom. The lowest BCUT2D eigenvalue weighted by molar-refractivity contribution is -0.201. The van der Waals surface area contributed by atoms with Gasteiger partial charge in [-0.15, -0.1) is 0 Å². The van der Waals surface area contributed by atoms with E-state index in [1.165, 1.54) is 0 Å². The molecule has 6 heteroatoms. The first-order valence-electron chi connectivity index (χ1n) is 12.0. The maximum absolute atomic E-state index is 13.4. The van der Waals surface area contributed by atoms with Crippen molar-refractivity contribution in [2.45, 2.75) is 97.0 Å². The number of carbonyl (C=O) groups is 2. The normalized spacial score (nSPS) is 32.2. The minimum Gasteiger partial charge on any atom is -0.513 e. The second-order valence-corrected chi connectivity index (χ2v) is 11.0. The summed E-state index contributed by atoms with van der Waals surface area (Å²) in [6.07, 6.45) is 10.3. The van der Waals surface area contributed by atoms with E-state index in [0.717, 1.165) is 44.9 Å². The second-order valence-electron chi connectivity index (χ2n) is 11.0. The van der Waals surface area contributed by atoms with E-state index in [4.69, 9.17) is 14.6 Å². The lowest BCUT2D eigenvalue weighted by Crippen LogP contribution is -2.58. The molecule has 2 N–H and O–H groups in total. The molecule has 4 fully saturated rings. The zero-order chi connectivity index (χ0) is 22.7. The molecule has 0 heterocycles. The van der Waals surface area contributed by atoms with Crippen LogP contribution in [0.1, 0.15) is 91.4 Å². The Kier molecular flexibility index (Phi) is 7.39. The van der Waals surface area contributed by atoms with Crippen molar-refractivity contribution in [3.63, 3.8) is 0 Å². The smallest absolute Gasteiger partial charge is 0.312 e. The molecule has 0 aromatic heterocycles. The molecule has 0 aliphatic heterocycles. The Hall–Kier alpha value is -1.56. The molecule has 4 rings (SSSR count). The van der Waals surface area contributed by atoms with E-state index in [2.05, 4.69) is 0 Å². The molecule has 2 atom stereocenters. The second kappa shape index (κ2) is 9.51. The minimum atomic E-state index is -0.568. The standard InChI is InChI=1S/C25H40O6/c1-18(27)8-4-7-11-30-21(28)24-13-19-12-20(14-24)16-25(15-19,17-24)22(29)31-23(2,3)9-5-6-10-26/h8,19-20,26-27H,4-7,9-17H2,1-3H3/b18-8+. The maximum atomic E-state index is 13.4.